The van der Waals surface area contributed by atoms with E-state index in [0.29, 0.717) is 24.1 Å². The number of anilines is 1. The van der Waals surface area contributed by atoms with E-state index in [1.165, 1.54) is 17.0 Å². The minimum absolute atomic E-state index is 0.0297. The molecule has 0 radical (unpaired) electrons. The van der Waals surface area contributed by atoms with Crippen LogP contribution >= 0.6 is 0 Å². The molecule has 2 atom stereocenters. The molecule has 0 spiro atoms. The molecule has 7 nitrogen and oxygen atoms in total. The van der Waals surface area contributed by atoms with Crippen molar-refractivity contribution in [3.63, 3.8) is 0 Å². The van der Waals surface area contributed by atoms with E-state index < -0.39 is 5.91 Å². The third kappa shape index (κ3) is 3.45. The number of nitrogens with zero attached hydrogens (tertiary/aromatic N) is 1. The van der Waals surface area contributed by atoms with E-state index in [2.05, 4.69) is 5.32 Å². The molecule has 7 heteroatoms. The Kier molecular flexibility index (Phi) is 4.65. The summed E-state index contributed by atoms with van der Waals surface area (Å²) in [5.74, 6) is -1.76. The van der Waals surface area contributed by atoms with Gasteiger partial charge in [-0.3, -0.25) is 24.1 Å². The molecule has 3 rings (SSSR count). The molecule has 1 fully saturated rings. The third-order valence-electron chi connectivity index (χ3n) is 4.61. The van der Waals surface area contributed by atoms with E-state index in [1.807, 2.05) is 12.2 Å². The van der Waals surface area contributed by atoms with Crippen LogP contribution < -0.4 is 11.1 Å². The largest absolute Gasteiger partial charge is 0.366 e. The summed E-state index contributed by atoms with van der Waals surface area (Å²) < 4.78 is 0. The van der Waals surface area contributed by atoms with E-state index in [0.717, 1.165) is 0 Å². The Hall–Kier alpha value is -2.96. The summed E-state index contributed by atoms with van der Waals surface area (Å²) in [7, 11) is 0. The van der Waals surface area contributed by atoms with Crippen LogP contribution in [0.3, 0.4) is 0 Å². The Morgan fingerprint density at radius 1 is 1.04 bits per heavy atom. The van der Waals surface area contributed by atoms with Crippen molar-refractivity contribution >= 4 is 29.3 Å². The fourth-order valence-electron chi connectivity index (χ4n) is 3.24. The second kappa shape index (κ2) is 6.88. The van der Waals surface area contributed by atoms with Crippen molar-refractivity contribution in [3.8, 4) is 0 Å². The second-order valence-electron chi connectivity index (χ2n) is 6.22. The highest BCUT2D eigenvalue weighted by Gasteiger charge is 2.46. The Morgan fingerprint density at radius 2 is 1.60 bits per heavy atom. The first-order valence-electron chi connectivity index (χ1n) is 8.17. The molecule has 3 N–H and O–H groups in total. The van der Waals surface area contributed by atoms with Crippen LogP contribution in [0.4, 0.5) is 5.69 Å². The highest BCUT2D eigenvalue weighted by atomic mass is 16.2. The number of allylic oxidation sites excluding steroid dienone is 2. The number of nitrogens with one attached hydrogen (secondary N) is 1. The number of rotatable bonds is 5. The first-order valence-corrected chi connectivity index (χ1v) is 8.17. The second-order valence-corrected chi connectivity index (χ2v) is 6.22. The Balaban J connectivity index is 1.55. The zero-order valence-corrected chi connectivity index (χ0v) is 13.6. The van der Waals surface area contributed by atoms with E-state index in [9.17, 15) is 19.2 Å². The molecule has 4 amide bonds. The molecule has 1 aliphatic heterocycles. The number of fused-ring (bicyclic) bond motifs is 1. The van der Waals surface area contributed by atoms with Gasteiger partial charge in [-0.05, 0) is 37.1 Å². The van der Waals surface area contributed by atoms with Crippen molar-refractivity contribution in [1.29, 1.82) is 0 Å². The van der Waals surface area contributed by atoms with Crippen LogP contribution in [0, 0.1) is 11.8 Å². The highest BCUT2D eigenvalue weighted by Crippen LogP contribution is 2.34. The predicted molar refractivity (Wildman–Crippen MR) is 90.3 cm³/mol. The predicted octanol–water partition coefficient (Wildman–Crippen LogP) is 1.07. The minimum Gasteiger partial charge on any atom is -0.366 e. The molecule has 1 aliphatic carbocycles. The van der Waals surface area contributed by atoms with Gasteiger partial charge in [0.05, 0.1) is 11.8 Å². The van der Waals surface area contributed by atoms with Gasteiger partial charge in [0.2, 0.25) is 23.6 Å². The summed E-state index contributed by atoms with van der Waals surface area (Å²) in [6, 6.07) is 6.18. The zero-order valence-electron chi connectivity index (χ0n) is 13.6. The number of carbonyl (C=O) groups is 4. The number of primary amides is 1. The average Bonchev–Trinajstić information content (AvgIpc) is 2.85. The van der Waals surface area contributed by atoms with Crippen molar-refractivity contribution in [2.45, 2.75) is 19.3 Å². The standard InChI is InChI=1S/C18H19N3O4/c19-16(23)11-5-7-12(8-6-11)20-15(22)9-10-21-17(24)13-3-1-2-4-14(13)18(21)25/h1-2,5-8,13-14H,3-4,9-10H2,(H2,19,23)(H,20,22)/t13-,14-/m0/s1. The summed E-state index contributed by atoms with van der Waals surface area (Å²) in [4.78, 5) is 48.9. The summed E-state index contributed by atoms with van der Waals surface area (Å²) >= 11 is 0. The first kappa shape index (κ1) is 16.9. The van der Waals surface area contributed by atoms with Crippen LogP contribution in [-0.2, 0) is 14.4 Å². The summed E-state index contributed by atoms with van der Waals surface area (Å²) in [6.45, 7) is 0.0792. The van der Waals surface area contributed by atoms with Crippen molar-refractivity contribution in [3.05, 3.63) is 42.0 Å². The number of likely N-dealkylation sites (tertiary alicyclic amines) is 1. The number of hydrogen-bond donors (Lipinski definition) is 2. The summed E-state index contributed by atoms with van der Waals surface area (Å²) in [5.41, 5.74) is 6.03. The number of benzene rings is 1. The lowest BCUT2D eigenvalue weighted by Gasteiger charge is -2.14. The highest BCUT2D eigenvalue weighted by molar-refractivity contribution is 6.06. The van der Waals surface area contributed by atoms with Crippen molar-refractivity contribution in [2.24, 2.45) is 17.6 Å². The SMILES string of the molecule is NC(=O)c1ccc(NC(=O)CCN2C(=O)[C@H]3CC=CC[C@@H]3C2=O)cc1. The molecule has 1 aromatic rings. The molecule has 0 unspecified atom stereocenters. The van der Waals surface area contributed by atoms with Gasteiger partial charge in [-0.25, -0.2) is 0 Å². The van der Waals surface area contributed by atoms with E-state index >= 15 is 0 Å². The van der Waals surface area contributed by atoms with Crippen LogP contribution in [0.1, 0.15) is 29.6 Å². The molecule has 0 bridgehead atoms. The smallest absolute Gasteiger partial charge is 0.248 e. The number of amides is 4. The molecule has 1 aromatic carbocycles. The maximum atomic E-state index is 12.3. The van der Waals surface area contributed by atoms with Crippen LogP contribution in [0.15, 0.2) is 36.4 Å². The van der Waals surface area contributed by atoms with Crippen LogP contribution in [0.5, 0.6) is 0 Å². The van der Waals surface area contributed by atoms with Gasteiger partial charge in [0.1, 0.15) is 0 Å². The fraction of sp³-hybridized carbons (Fsp3) is 0.333. The molecule has 130 valence electrons. The fourth-order valence-corrected chi connectivity index (χ4v) is 3.24. The van der Waals surface area contributed by atoms with E-state index in [1.54, 1.807) is 12.1 Å². The van der Waals surface area contributed by atoms with Crippen LogP contribution in [0.2, 0.25) is 0 Å². The van der Waals surface area contributed by atoms with E-state index in [-0.39, 0.29) is 42.5 Å². The molecule has 0 saturated carbocycles. The molecule has 0 aromatic heterocycles. The number of imide groups is 1. The van der Waals surface area contributed by atoms with Gasteiger partial charge in [0.15, 0.2) is 0 Å². The number of nitrogens with two attached hydrogens (primary N) is 1. The van der Waals surface area contributed by atoms with Gasteiger partial charge in [-0.2, -0.15) is 0 Å². The lowest BCUT2D eigenvalue weighted by atomic mass is 9.85. The molecule has 1 saturated heterocycles. The third-order valence-corrected chi connectivity index (χ3v) is 4.61. The summed E-state index contributed by atoms with van der Waals surface area (Å²) in [5, 5.41) is 2.67. The topological polar surface area (TPSA) is 110 Å². The number of hydrogen-bond acceptors (Lipinski definition) is 4. The van der Waals surface area contributed by atoms with Crippen LogP contribution in [0.25, 0.3) is 0 Å². The quantitative estimate of drug-likeness (QED) is 0.616. The zero-order chi connectivity index (χ0) is 18.0. The van der Waals surface area contributed by atoms with Gasteiger partial charge < -0.3 is 11.1 Å². The Labute approximate surface area is 144 Å². The van der Waals surface area contributed by atoms with Gasteiger partial charge in [-0.1, -0.05) is 12.2 Å². The van der Waals surface area contributed by atoms with Gasteiger partial charge >= 0.3 is 0 Å². The monoisotopic (exact) mass is 341 g/mol. The van der Waals surface area contributed by atoms with Gasteiger partial charge in [0, 0.05) is 24.2 Å². The number of carbonyl (C=O) groups excluding carboxylic acids is 4. The maximum absolute atomic E-state index is 12.3. The van der Waals surface area contributed by atoms with E-state index in [4.69, 9.17) is 5.73 Å². The maximum Gasteiger partial charge on any atom is 0.248 e. The Morgan fingerprint density at radius 3 is 2.12 bits per heavy atom. The normalized spacial score (nSPS) is 22.0. The summed E-state index contributed by atoms with van der Waals surface area (Å²) in [6.07, 6.45) is 5.06. The Bertz CT molecular complexity index is 728. The lowest BCUT2D eigenvalue weighted by Crippen LogP contribution is -2.34. The molecular weight excluding hydrogens is 322 g/mol. The molecular formula is C18H19N3O4. The van der Waals surface area contributed by atoms with Crippen molar-refractivity contribution < 1.29 is 19.2 Å². The average molecular weight is 341 g/mol. The van der Waals surface area contributed by atoms with Gasteiger partial charge in [0.25, 0.3) is 0 Å². The van der Waals surface area contributed by atoms with Crippen LogP contribution in [-0.4, -0.2) is 35.1 Å². The van der Waals surface area contributed by atoms with Gasteiger partial charge in [-0.15, -0.1) is 0 Å². The lowest BCUT2D eigenvalue weighted by molar-refractivity contribution is -0.140. The van der Waals surface area contributed by atoms with Crippen molar-refractivity contribution in [2.75, 3.05) is 11.9 Å². The first-order chi connectivity index (χ1) is 12.0. The minimum atomic E-state index is -0.542. The molecule has 1 heterocycles. The molecule has 25 heavy (non-hydrogen) atoms. The van der Waals surface area contributed by atoms with Crippen molar-refractivity contribution in [1.82, 2.24) is 4.90 Å². The molecule has 2 aliphatic rings.